The van der Waals surface area contributed by atoms with Gasteiger partial charge in [0.15, 0.2) is 5.82 Å². The summed E-state index contributed by atoms with van der Waals surface area (Å²) >= 11 is 0. The number of nitrogens with zero attached hydrogens (tertiary/aromatic N) is 4. The van der Waals surface area contributed by atoms with Gasteiger partial charge in [0.25, 0.3) is 0 Å². The van der Waals surface area contributed by atoms with Gasteiger partial charge in [0.05, 0.1) is 38.0 Å². The van der Waals surface area contributed by atoms with Crippen LogP contribution in [0.25, 0.3) is 11.4 Å². The molecule has 1 saturated heterocycles. The average molecular weight is 410 g/mol. The molecule has 2 aliphatic rings. The molecule has 2 aliphatic heterocycles. The number of amides is 3. The van der Waals surface area contributed by atoms with Crippen LogP contribution >= 0.6 is 0 Å². The number of nitrogens with one attached hydrogen (secondary N) is 2. The molecule has 2 aromatic rings. The van der Waals surface area contributed by atoms with Gasteiger partial charge in [-0.1, -0.05) is 0 Å². The van der Waals surface area contributed by atoms with Crippen LogP contribution in [0.2, 0.25) is 0 Å². The Balaban J connectivity index is 1.66. The number of urea groups is 1. The number of carbonyl (C=O) groups excluding carboxylic acids is 2. The van der Waals surface area contributed by atoms with Crippen LogP contribution in [0.5, 0.6) is 0 Å². The Morgan fingerprint density at radius 3 is 2.77 bits per heavy atom. The molecule has 1 atom stereocenters. The molecular formula is C21H26N6O3. The van der Waals surface area contributed by atoms with Crippen molar-refractivity contribution in [2.45, 2.75) is 33.0 Å². The number of aromatic nitrogens is 2. The molecule has 3 heterocycles. The van der Waals surface area contributed by atoms with Gasteiger partial charge in [-0.25, -0.2) is 14.8 Å². The highest BCUT2D eigenvalue weighted by atomic mass is 16.5. The maximum absolute atomic E-state index is 11.7. The summed E-state index contributed by atoms with van der Waals surface area (Å²) in [5.41, 5.74) is 3.44. The highest BCUT2D eigenvalue weighted by Crippen LogP contribution is 2.33. The molecule has 1 aromatic heterocycles. The first-order chi connectivity index (χ1) is 14.6. The minimum Gasteiger partial charge on any atom is -0.377 e. The fraction of sp³-hybridized carbons (Fsp3) is 0.429. The van der Waals surface area contributed by atoms with E-state index in [1.807, 2.05) is 31.2 Å². The Bertz CT molecular complexity index is 933. The van der Waals surface area contributed by atoms with E-state index in [4.69, 9.17) is 14.7 Å². The summed E-state index contributed by atoms with van der Waals surface area (Å²) in [6.45, 7) is 7.59. The van der Waals surface area contributed by atoms with Crippen LogP contribution in [-0.4, -0.2) is 59.7 Å². The molecule has 3 amide bonds. The number of morpholine rings is 1. The average Bonchev–Trinajstić information content (AvgIpc) is 3.18. The van der Waals surface area contributed by atoms with Crippen molar-refractivity contribution in [3.8, 4) is 11.4 Å². The quantitative estimate of drug-likeness (QED) is 0.732. The van der Waals surface area contributed by atoms with Gasteiger partial charge in [-0.2, -0.15) is 0 Å². The normalized spacial score (nSPS) is 18.1. The maximum atomic E-state index is 11.7. The predicted molar refractivity (Wildman–Crippen MR) is 113 cm³/mol. The SMILES string of the molecule is CCNC(=O)Nc1ccc(-c2nc3c(c(N4CCOCC4C)n2)CN(C=O)C3)cc1. The first-order valence-electron chi connectivity index (χ1n) is 10.2. The fourth-order valence-corrected chi connectivity index (χ4v) is 3.78. The van der Waals surface area contributed by atoms with Gasteiger partial charge >= 0.3 is 6.03 Å². The molecule has 0 spiro atoms. The third-order valence-corrected chi connectivity index (χ3v) is 5.31. The predicted octanol–water partition coefficient (Wildman–Crippen LogP) is 1.98. The molecule has 158 valence electrons. The van der Waals surface area contributed by atoms with E-state index in [1.165, 1.54) is 0 Å². The lowest BCUT2D eigenvalue weighted by Crippen LogP contribution is -2.44. The van der Waals surface area contributed by atoms with Crippen molar-refractivity contribution in [2.75, 3.05) is 36.5 Å². The fourth-order valence-electron chi connectivity index (χ4n) is 3.78. The summed E-state index contributed by atoms with van der Waals surface area (Å²) in [4.78, 5) is 36.7. The Hall–Kier alpha value is -3.20. The van der Waals surface area contributed by atoms with Gasteiger partial charge in [0.1, 0.15) is 5.82 Å². The number of benzene rings is 1. The van der Waals surface area contributed by atoms with Crippen molar-refractivity contribution in [2.24, 2.45) is 0 Å². The van der Waals surface area contributed by atoms with Crippen LogP contribution in [0.1, 0.15) is 25.1 Å². The summed E-state index contributed by atoms with van der Waals surface area (Å²) in [5, 5.41) is 5.49. The summed E-state index contributed by atoms with van der Waals surface area (Å²) in [6.07, 6.45) is 0.857. The van der Waals surface area contributed by atoms with E-state index < -0.39 is 0 Å². The topological polar surface area (TPSA) is 99.7 Å². The summed E-state index contributed by atoms with van der Waals surface area (Å²) < 4.78 is 5.58. The minimum atomic E-state index is -0.239. The van der Waals surface area contributed by atoms with Crippen molar-refractivity contribution in [3.05, 3.63) is 35.5 Å². The molecule has 1 aromatic carbocycles. The number of anilines is 2. The van der Waals surface area contributed by atoms with Gasteiger partial charge in [0.2, 0.25) is 6.41 Å². The Morgan fingerprint density at radius 2 is 2.07 bits per heavy atom. The van der Waals surface area contributed by atoms with E-state index in [9.17, 15) is 9.59 Å². The third-order valence-electron chi connectivity index (χ3n) is 5.31. The highest BCUT2D eigenvalue weighted by Gasteiger charge is 2.30. The summed E-state index contributed by atoms with van der Waals surface area (Å²) in [5.74, 6) is 1.49. The van der Waals surface area contributed by atoms with Crippen LogP contribution in [0, 0.1) is 0 Å². The second-order valence-electron chi connectivity index (χ2n) is 7.49. The Labute approximate surface area is 175 Å². The number of fused-ring (bicyclic) bond motifs is 1. The first kappa shape index (κ1) is 20.1. The third kappa shape index (κ3) is 4.06. The molecule has 0 bridgehead atoms. The lowest BCUT2D eigenvalue weighted by Gasteiger charge is -2.35. The van der Waals surface area contributed by atoms with Crippen molar-refractivity contribution < 1.29 is 14.3 Å². The van der Waals surface area contributed by atoms with E-state index in [1.54, 1.807) is 4.90 Å². The van der Waals surface area contributed by atoms with Gasteiger partial charge in [-0.3, -0.25) is 4.79 Å². The Morgan fingerprint density at radius 1 is 1.27 bits per heavy atom. The standard InChI is InChI=1S/C21H26N6O3/c1-3-22-21(29)23-16-6-4-15(5-7-16)19-24-18-11-26(13-28)10-17(18)20(25-19)27-8-9-30-12-14(27)2/h4-7,13-14H,3,8-12H2,1-2H3,(H2,22,23,29). The zero-order valence-electron chi connectivity index (χ0n) is 17.2. The number of ether oxygens (including phenoxy) is 1. The summed E-state index contributed by atoms with van der Waals surface area (Å²) in [7, 11) is 0. The number of hydrogen-bond acceptors (Lipinski definition) is 6. The van der Waals surface area contributed by atoms with Crippen LogP contribution in [-0.2, 0) is 22.6 Å². The van der Waals surface area contributed by atoms with E-state index >= 15 is 0 Å². The highest BCUT2D eigenvalue weighted by molar-refractivity contribution is 5.89. The van der Waals surface area contributed by atoms with Crippen molar-refractivity contribution in [1.82, 2.24) is 20.2 Å². The maximum Gasteiger partial charge on any atom is 0.319 e. The zero-order valence-corrected chi connectivity index (χ0v) is 17.2. The minimum absolute atomic E-state index is 0.194. The molecule has 1 unspecified atom stereocenters. The molecule has 2 N–H and O–H groups in total. The van der Waals surface area contributed by atoms with E-state index in [2.05, 4.69) is 22.5 Å². The van der Waals surface area contributed by atoms with E-state index in [0.29, 0.717) is 44.4 Å². The molecule has 9 heteroatoms. The second-order valence-corrected chi connectivity index (χ2v) is 7.49. The molecular weight excluding hydrogens is 384 g/mol. The van der Waals surface area contributed by atoms with Gasteiger partial charge in [0, 0.05) is 29.9 Å². The van der Waals surface area contributed by atoms with Crippen LogP contribution in [0.3, 0.4) is 0 Å². The lowest BCUT2D eigenvalue weighted by atomic mass is 10.1. The number of hydrogen-bond donors (Lipinski definition) is 2. The molecule has 0 aliphatic carbocycles. The van der Waals surface area contributed by atoms with Crippen molar-refractivity contribution >= 4 is 23.9 Å². The van der Waals surface area contributed by atoms with Crippen LogP contribution in [0.4, 0.5) is 16.3 Å². The monoisotopic (exact) mass is 410 g/mol. The molecule has 30 heavy (non-hydrogen) atoms. The smallest absolute Gasteiger partial charge is 0.319 e. The van der Waals surface area contributed by atoms with Crippen molar-refractivity contribution in [3.63, 3.8) is 0 Å². The van der Waals surface area contributed by atoms with Gasteiger partial charge in [-0.15, -0.1) is 0 Å². The van der Waals surface area contributed by atoms with Crippen molar-refractivity contribution in [1.29, 1.82) is 0 Å². The van der Waals surface area contributed by atoms with E-state index in [0.717, 1.165) is 35.6 Å². The van der Waals surface area contributed by atoms with Gasteiger partial charge < -0.3 is 25.2 Å². The number of carbonyl (C=O) groups is 2. The molecule has 0 radical (unpaired) electrons. The largest absolute Gasteiger partial charge is 0.377 e. The zero-order chi connectivity index (χ0) is 21.1. The van der Waals surface area contributed by atoms with Gasteiger partial charge in [-0.05, 0) is 38.1 Å². The Kier molecular flexibility index (Phi) is 5.80. The van der Waals surface area contributed by atoms with Crippen LogP contribution < -0.4 is 15.5 Å². The first-order valence-corrected chi connectivity index (χ1v) is 10.2. The molecule has 1 fully saturated rings. The summed E-state index contributed by atoms with van der Waals surface area (Å²) in [6, 6.07) is 7.40. The second kappa shape index (κ2) is 8.66. The lowest BCUT2D eigenvalue weighted by molar-refractivity contribution is -0.118. The number of rotatable bonds is 5. The molecule has 9 nitrogen and oxygen atoms in total. The van der Waals surface area contributed by atoms with Crippen LogP contribution in [0.15, 0.2) is 24.3 Å². The van der Waals surface area contributed by atoms with E-state index in [-0.39, 0.29) is 12.1 Å². The molecule has 0 saturated carbocycles. The molecule has 4 rings (SSSR count).